The number of aliphatic hydroxyl groups is 1. The molecule has 1 aromatic carbocycles. The third kappa shape index (κ3) is 3.89. The van der Waals surface area contributed by atoms with Crippen LogP contribution in [-0.2, 0) is 0 Å². The Morgan fingerprint density at radius 3 is 2.67 bits per heavy atom. The normalized spacial score (nSPS) is 24.6. The van der Waals surface area contributed by atoms with Gasteiger partial charge < -0.3 is 14.6 Å². The number of β-amino-alcohol motifs (C(OH)–C–C–N with tert-alkyl or cyclic N) is 1. The third-order valence-corrected chi connectivity index (χ3v) is 4.45. The molecule has 1 heterocycles. The van der Waals surface area contributed by atoms with Gasteiger partial charge in [-0.05, 0) is 37.8 Å². The molecule has 4 heteroatoms. The zero-order chi connectivity index (χ0) is 15.4. The van der Waals surface area contributed by atoms with Gasteiger partial charge in [-0.1, -0.05) is 6.92 Å². The molecule has 0 aliphatic carbocycles. The summed E-state index contributed by atoms with van der Waals surface area (Å²) < 4.78 is 10.6. The van der Waals surface area contributed by atoms with Gasteiger partial charge in [0, 0.05) is 30.8 Å². The minimum atomic E-state index is -0.543. The van der Waals surface area contributed by atoms with Crippen LogP contribution in [0.5, 0.6) is 11.5 Å². The molecule has 0 radical (unpaired) electrons. The first kappa shape index (κ1) is 16.1. The van der Waals surface area contributed by atoms with Crippen LogP contribution >= 0.6 is 0 Å². The maximum atomic E-state index is 10.6. The van der Waals surface area contributed by atoms with Crippen molar-refractivity contribution in [1.82, 2.24) is 4.90 Å². The Labute approximate surface area is 127 Å². The van der Waals surface area contributed by atoms with Crippen LogP contribution in [0, 0.1) is 5.92 Å². The van der Waals surface area contributed by atoms with Crippen molar-refractivity contribution in [3.05, 3.63) is 23.8 Å². The molecule has 4 nitrogen and oxygen atoms in total. The Morgan fingerprint density at radius 2 is 2.00 bits per heavy atom. The minimum absolute atomic E-state index is 0.528. The molecule has 118 valence electrons. The number of piperidine rings is 1. The Bertz CT molecular complexity index is 463. The summed E-state index contributed by atoms with van der Waals surface area (Å²) in [6, 6.07) is 6.10. The van der Waals surface area contributed by atoms with E-state index in [1.807, 2.05) is 18.2 Å². The molecule has 0 spiro atoms. The Kier molecular flexibility index (Phi) is 5.48. The summed E-state index contributed by atoms with van der Waals surface area (Å²) in [6.07, 6.45) is 1.94. The van der Waals surface area contributed by atoms with Crippen LogP contribution in [0.15, 0.2) is 18.2 Å². The number of hydrogen-bond donors (Lipinski definition) is 1. The van der Waals surface area contributed by atoms with Crippen LogP contribution in [0.1, 0.15) is 38.4 Å². The lowest BCUT2D eigenvalue weighted by molar-refractivity contribution is 0.0557. The van der Waals surface area contributed by atoms with E-state index in [0.29, 0.717) is 24.3 Å². The number of hydrogen-bond acceptors (Lipinski definition) is 4. The highest BCUT2D eigenvalue weighted by Gasteiger charge is 2.26. The minimum Gasteiger partial charge on any atom is -0.497 e. The van der Waals surface area contributed by atoms with Crippen molar-refractivity contribution in [2.45, 2.75) is 38.8 Å². The summed E-state index contributed by atoms with van der Waals surface area (Å²) in [5.41, 5.74) is 0.823. The lowest BCUT2D eigenvalue weighted by Crippen LogP contribution is -2.43. The van der Waals surface area contributed by atoms with Gasteiger partial charge in [-0.3, -0.25) is 4.90 Å². The second-order valence-electron chi connectivity index (χ2n) is 6.11. The van der Waals surface area contributed by atoms with E-state index in [4.69, 9.17) is 9.47 Å². The molecule has 0 amide bonds. The van der Waals surface area contributed by atoms with Gasteiger partial charge in [0.1, 0.15) is 11.5 Å². The summed E-state index contributed by atoms with van der Waals surface area (Å²) in [4.78, 5) is 2.38. The summed E-state index contributed by atoms with van der Waals surface area (Å²) in [7, 11) is 3.25. The molecule has 1 fully saturated rings. The first-order chi connectivity index (χ1) is 10.0. The van der Waals surface area contributed by atoms with Gasteiger partial charge in [0.15, 0.2) is 0 Å². The lowest BCUT2D eigenvalue weighted by Gasteiger charge is -2.38. The largest absolute Gasteiger partial charge is 0.497 e. The van der Waals surface area contributed by atoms with Crippen molar-refractivity contribution in [2.24, 2.45) is 5.92 Å². The average molecular weight is 293 g/mol. The second-order valence-corrected chi connectivity index (χ2v) is 6.11. The van der Waals surface area contributed by atoms with Crippen molar-refractivity contribution in [1.29, 1.82) is 0 Å². The van der Waals surface area contributed by atoms with E-state index in [9.17, 15) is 5.11 Å². The topological polar surface area (TPSA) is 41.9 Å². The van der Waals surface area contributed by atoms with Crippen molar-refractivity contribution in [3.8, 4) is 11.5 Å². The fourth-order valence-corrected chi connectivity index (χ4v) is 3.05. The molecular formula is C17H27NO3. The number of benzene rings is 1. The van der Waals surface area contributed by atoms with E-state index < -0.39 is 6.10 Å². The average Bonchev–Trinajstić information content (AvgIpc) is 2.50. The zero-order valence-electron chi connectivity index (χ0n) is 13.5. The molecule has 1 N–H and O–H groups in total. The summed E-state index contributed by atoms with van der Waals surface area (Å²) in [5, 5.41) is 10.6. The zero-order valence-corrected chi connectivity index (χ0v) is 13.5. The van der Waals surface area contributed by atoms with E-state index in [0.717, 1.165) is 17.9 Å². The van der Waals surface area contributed by atoms with Gasteiger partial charge in [0.25, 0.3) is 0 Å². The van der Waals surface area contributed by atoms with E-state index in [2.05, 4.69) is 18.7 Å². The molecule has 1 aliphatic heterocycles. The highest BCUT2D eigenvalue weighted by atomic mass is 16.5. The summed E-state index contributed by atoms with van der Waals surface area (Å²) >= 11 is 0. The molecule has 2 rings (SSSR count). The molecule has 0 bridgehead atoms. The maximum Gasteiger partial charge on any atom is 0.128 e. The Balaban J connectivity index is 2.10. The maximum absolute atomic E-state index is 10.6. The standard InChI is InChI=1S/C17H27NO3/c1-12-5-6-13(2)18(10-12)11-16(19)15-8-7-14(20-3)9-17(15)21-4/h7-9,12-13,16,19H,5-6,10-11H2,1-4H3. The van der Waals surface area contributed by atoms with Crippen LogP contribution in [0.3, 0.4) is 0 Å². The van der Waals surface area contributed by atoms with Crippen molar-refractivity contribution < 1.29 is 14.6 Å². The molecule has 21 heavy (non-hydrogen) atoms. The van der Waals surface area contributed by atoms with E-state index >= 15 is 0 Å². The second kappa shape index (κ2) is 7.14. The number of nitrogens with zero attached hydrogens (tertiary/aromatic N) is 1. The lowest BCUT2D eigenvalue weighted by atomic mass is 9.94. The Hall–Kier alpha value is -1.26. The van der Waals surface area contributed by atoms with Gasteiger partial charge >= 0.3 is 0 Å². The highest BCUT2D eigenvalue weighted by Crippen LogP contribution is 2.31. The monoisotopic (exact) mass is 293 g/mol. The van der Waals surface area contributed by atoms with Crippen LogP contribution in [0.4, 0.5) is 0 Å². The SMILES string of the molecule is COc1ccc(C(O)CN2CC(C)CCC2C)c(OC)c1. The first-order valence-electron chi connectivity index (χ1n) is 7.69. The van der Waals surface area contributed by atoms with Crippen LogP contribution in [0.25, 0.3) is 0 Å². The molecular weight excluding hydrogens is 266 g/mol. The number of likely N-dealkylation sites (tertiary alicyclic amines) is 1. The van der Waals surface area contributed by atoms with Crippen molar-refractivity contribution >= 4 is 0 Å². The van der Waals surface area contributed by atoms with Gasteiger partial charge in [-0.2, -0.15) is 0 Å². The smallest absolute Gasteiger partial charge is 0.128 e. The fraction of sp³-hybridized carbons (Fsp3) is 0.647. The molecule has 1 aromatic rings. The molecule has 3 atom stereocenters. The van der Waals surface area contributed by atoms with Crippen molar-refractivity contribution in [3.63, 3.8) is 0 Å². The van der Waals surface area contributed by atoms with E-state index in [1.54, 1.807) is 14.2 Å². The van der Waals surface area contributed by atoms with E-state index in [-0.39, 0.29) is 0 Å². The highest BCUT2D eigenvalue weighted by molar-refractivity contribution is 5.42. The van der Waals surface area contributed by atoms with Crippen LogP contribution in [0.2, 0.25) is 0 Å². The quantitative estimate of drug-likeness (QED) is 0.906. The van der Waals surface area contributed by atoms with E-state index in [1.165, 1.54) is 12.8 Å². The molecule has 0 saturated carbocycles. The predicted molar refractivity (Wildman–Crippen MR) is 83.9 cm³/mol. The van der Waals surface area contributed by atoms with Gasteiger partial charge in [-0.25, -0.2) is 0 Å². The number of methoxy groups -OCH3 is 2. The van der Waals surface area contributed by atoms with Gasteiger partial charge in [0.2, 0.25) is 0 Å². The van der Waals surface area contributed by atoms with Crippen LogP contribution in [-0.4, -0.2) is 43.4 Å². The van der Waals surface area contributed by atoms with Crippen molar-refractivity contribution in [2.75, 3.05) is 27.3 Å². The summed E-state index contributed by atoms with van der Waals surface area (Å²) in [5.74, 6) is 2.12. The molecule has 0 aromatic heterocycles. The van der Waals surface area contributed by atoms with Gasteiger partial charge in [-0.15, -0.1) is 0 Å². The fourth-order valence-electron chi connectivity index (χ4n) is 3.05. The summed E-state index contributed by atoms with van der Waals surface area (Å²) in [6.45, 7) is 6.22. The first-order valence-corrected chi connectivity index (χ1v) is 7.69. The third-order valence-electron chi connectivity index (χ3n) is 4.45. The van der Waals surface area contributed by atoms with Gasteiger partial charge in [0.05, 0.1) is 20.3 Å². The number of ether oxygens (including phenoxy) is 2. The number of aliphatic hydroxyl groups excluding tert-OH is 1. The number of rotatable bonds is 5. The van der Waals surface area contributed by atoms with Crippen LogP contribution < -0.4 is 9.47 Å². The predicted octanol–water partition coefficient (Wildman–Crippen LogP) is 2.86. The molecule has 3 unspecified atom stereocenters. The molecule has 1 saturated heterocycles. The molecule has 1 aliphatic rings. The Morgan fingerprint density at radius 1 is 1.24 bits per heavy atom.